The van der Waals surface area contributed by atoms with E-state index in [0.717, 1.165) is 25.9 Å². The van der Waals surface area contributed by atoms with E-state index in [0.29, 0.717) is 48.7 Å². The highest BCUT2D eigenvalue weighted by atomic mass is 32.2. The number of hydrogen-bond donors (Lipinski definition) is 2. The van der Waals surface area contributed by atoms with E-state index in [1.165, 1.54) is 0 Å². The van der Waals surface area contributed by atoms with Crippen molar-refractivity contribution in [2.75, 3.05) is 62.5 Å². The molecule has 1 aromatic rings. The van der Waals surface area contributed by atoms with Gasteiger partial charge in [-0.2, -0.15) is 23.5 Å². The number of hydrogen-bond acceptors (Lipinski definition) is 13. The fourth-order valence-corrected chi connectivity index (χ4v) is 5.39. The molecular weight excluding hydrogens is 658 g/mol. The second-order valence-corrected chi connectivity index (χ2v) is 11.9. The van der Waals surface area contributed by atoms with Gasteiger partial charge in [0.2, 0.25) is 0 Å². The van der Waals surface area contributed by atoms with E-state index >= 15 is 0 Å². The first-order chi connectivity index (χ1) is 22.7. The van der Waals surface area contributed by atoms with Gasteiger partial charge >= 0.3 is 41.2 Å². The van der Waals surface area contributed by atoms with Crippen molar-refractivity contribution in [2.45, 2.75) is 52.2 Å². The number of nitrogens with one attached hydrogen (secondary N) is 2. The van der Waals surface area contributed by atoms with Crippen molar-refractivity contribution in [1.29, 1.82) is 0 Å². The maximum atomic E-state index is 13.0. The van der Waals surface area contributed by atoms with E-state index in [4.69, 9.17) is 18.9 Å². The molecule has 18 heteroatoms. The number of aromatic nitrogens is 3. The van der Waals surface area contributed by atoms with Crippen molar-refractivity contribution in [3.05, 3.63) is 56.8 Å². The number of esters is 2. The van der Waals surface area contributed by atoms with Gasteiger partial charge in [0.25, 0.3) is 0 Å². The standard InChI is InChI=1S/C29H45N5O11S2/c1-4-23(35)42-17-11-30-25(37)44-15-9-21-46-19-7-13-33-27(39)32(6-3)28(40)34(29(33)41)14-8-20-47-22-10-16-45-26(38)31-12-18-43-24(36)5-2/h4-5H,1-2,6-22H2,3H3,(H,30,37)(H,31,38). The van der Waals surface area contributed by atoms with E-state index in [1.807, 2.05) is 0 Å². The van der Waals surface area contributed by atoms with Crippen molar-refractivity contribution in [3.8, 4) is 0 Å². The summed E-state index contributed by atoms with van der Waals surface area (Å²) in [6.07, 6.45) is 3.12. The molecule has 0 aliphatic carbocycles. The second-order valence-electron chi connectivity index (χ2n) is 9.40. The Labute approximate surface area is 281 Å². The Morgan fingerprint density at radius 1 is 0.617 bits per heavy atom. The topological polar surface area (TPSA) is 195 Å². The van der Waals surface area contributed by atoms with Crippen molar-refractivity contribution < 1.29 is 38.1 Å². The summed E-state index contributed by atoms with van der Waals surface area (Å²) in [5.41, 5.74) is -1.88. The molecule has 2 N–H and O–H groups in total. The zero-order chi connectivity index (χ0) is 34.9. The van der Waals surface area contributed by atoms with Crippen LogP contribution in [-0.2, 0) is 48.2 Å². The van der Waals surface area contributed by atoms with E-state index in [1.54, 1.807) is 30.4 Å². The van der Waals surface area contributed by atoms with Crippen LogP contribution in [0.15, 0.2) is 39.7 Å². The van der Waals surface area contributed by atoms with E-state index in [2.05, 4.69) is 23.8 Å². The molecule has 0 aliphatic rings. The first kappa shape index (κ1) is 41.1. The van der Waals surface area contributed by atoms with Gasteiger partial charge in [0, 0.05) is 31.8 Å². The van der Waals surface area contributed by atoms with Gasteiger partial charge in [0.15, 0.2) is 0 Å². The molecule has 1 rings (SSSR count). The van der Waals surface area contributed by atoms with Crippen LogP contribution in [0, 0.1) is 0 Å². The van der Waals surface area contributed by atoms with Gasteiger partial charge < -0.3 is 29.6 Å². The smallest absolute Gasteiger partial charge is 0.407 e. The molecule has 2 amide bonds. The molecule has 0 radical (unpaired) electrons. The lowest BCUT2D eigenvalue weighted by atomic mass is 10.4. The SMILES string of the molecule is C=CC(=O)OCCNC(=O)OCCCSCCCn1c(=O)n(CC)c(=O)n(CCCSCCCOC(=O)NCCOC(=O)C=C)c1=O. The minimum Gasteiger partial charge on any atom is -0.461 e. The van der Waals surface area contributed by atoms with Crippen LogP contribution >= 0.6 is 23.5 Å². The number of amides is 2. The number of carbonyl (C=O) groups is 4. The van der Waals surface area contributed by atoms with Crippen molar-refractivity contribution in [3.63, 3.8) is 0 Å². The molecule has 1 aromatic heterocycles. The highest BCUT2D eigenvalue weighted by molar-refractivity contribution is 7.99. The zero-order valence-corrected chi connectivity index (χ0v) is 28.4. The summed E-state index contributed by atoms with van der Waals surface area (Å²) in [5, 5.41) is 4.92. The molecule has 0 aliphatic heterocycles. The molecule has 0 saturated heterocycles. The molecule has 0 unspecified atom stereocenters. The number of carbonyl (C=O) groups excluding carboxylic acids is 4. The molecule has 16 nitrogen and oxygen atoms in total. The van der Waals surface area contributed by atoms with Gasteiger partial charge in [-0.3, -0.25) is 0 Å². The minimum absolute atomic E-state index is 0.0151. The first-order valence-corrected chi connectivity index (χ1v) is 17.5. The van der Waals surface area contributed by atoms with Gasteiger partial charge in [0.05, 0.1) is 26.3 Å². The normalized spacial score (nSPS) is 10.5. The Kier molecular flexibility index (Phi) is 22.0. The third-order valence-electron chi connectivity index (χ3n) is 5.94. The predicted octanol–water partition coefficient (Wildman–Crippen LogP) is 1.13. The third-order valence-corrected chi connectivity index (χ3v) is 8.25. The molecule has 0 aromatic carbocycles. The summed E-state index contributed by atoms with van der Waals surface area (Å²) in [6.45, 7) is 9.39. The maximum absolute atomic E-state index is 13.0. The quantitative estimate of drug-likeness (QED) is 0.0637. The first-order valence-electron chi connectivity index (χ1n) is 15.2. The van der Waals surface area contributed by atoms with Crippen LogP contribution in [0.3, 0.4) is 0 Å². The Morgan fingerprint density at radius 3 is 1.38 bits per heavy atom. The van der Waals surface area contributed by atoms with Crippen molar-refractivity contribution in [1.82, 2.24) is 24.3 Å². The second kappa shape index (κ2) is 25.2. The summed E-state index contributed by atoms with van der Waals surface area (Å²) in [7, 11) is 0. The van der Waals surface area contributed by atoms with Crippen LogP contribution < -0.4 is 27.7 Å². The predicted molar refractivity (Wildman–Crippen MR) is 179 cm³/mol. The summed E-state index contributed by atoms with van der Waals surface area (Å²) in [4.78, 5) is 83.7. The largest absolute Gasteiger partial charge is 0.461 e. The Morgan fingerprint density at radius 2 is 1.00 bits per heavy atom. The lowest BCUT2D eigenvalue weighted by Crippen LogP contribution is -2.54. The molecule has 47 heavy (non-hydrogen) atoms. The average molecular weight is 704 g/mol. The summed E-state index contributed by atoms with van der Waals surface area (Å²) in [5.74, 6) is 1.57. The van der Waals surface area contributed by atoms with Crippen molar-refractivity contribution >= 4 is 47.6 Å². The highest BCUT2D eigenvalue weighted by Gasteiger charge is 2.14. The van der Waals surface area contributed by atoms with Crippen molar-refractivity contribution in [2.24, 2.45) is 0 Å². The molecule has 264 valence electrons. The van der Waals surface area contributed by atoms with Crippen LogP contribution in [0.5, 0.6) is 0 Å². The van der Waals surface area contributed by atoms with E-state index in [-0.39, 0.29) is 59.2 Å². The minimum atomic E-state index is -0.628. The molecular formula is C29H45N5O11S2. The molecule has 0 fully saturated rings. The van der Waals surface area contributed by atoms with Crippen LogP contribution in [0.1, 0.15) is 32.6 Å². The van der Waals surface area contributed by atoms with Gasteiger partial charge in [-0.1, -0.05) is 13.2 Å². The average Bonchev–Trinajstić information content (AvgIpc) is 3.06. The number of ether oxygens (including phenoxy) is 4. The van der Waals surface area contributed by atoms with Crippen LogP contribution in [0.2, 0.25) is 0 Å². The number of nitrogens with zero attached hydrogens (tertiary/aromatic N) is 3. The van der Waals surface area contributed by atoms with E-state index < -0.39 is 41.2 Å². The molecule has 0 atom stereocenters. The summed E-state index contributed by atoms with van der Waals surface area (Å²) in [6, 6.07) is 0. The summed E-state index contributed by atoms with van der Waals surface area (Å²) >= 11 is 3.18. The molecule has 0 spiro atoms. The van der Waals surface area contributed by atoms with Gasteiger partial charge in [0.1, 0.15) is 13.2 Å². The molecule has 1 heterocycles. The Hall–Kier alpha value is -3.93. The zero-order valence-electron chi connectivity index (χ0n) is 26.7. The van der Waals surface area contributed by atoms with Gasteiger partial charge in [-0.15, -0.1) is 0 Å². The van der Waals surface area contributed by atoms with E-state index in [9.17, 15) is 33.6 Å². The monoisotopic (exact) mass is 703 g/mol. The lowest BCUT2D eigenvalue weighted by Gasteiger charge is -2.13. The molecule has 0 saturated carbocycles. The van der Waals surface area contributed by atoms with Crippen LogP contribution in [0.25, 0.3) is 0 Å². The van der Waals surface area contributed by atoms with Crippen LogP contribution in [0.4, 0.5) is 9.59 Å². The third kappa shape index (κ3) is 17.5. The Bertz CT molecular complexity index is 1250. The number of alkyl carbamates (subject to hydrolysis) is 2. The van der Waals surface area contributed by atoms with Gasteiger partial charge in [-0.25, -0.2) is 47.3 Å². The number of thioether (sulfide) groups is 2. The molecule has 0 bridgehead atoms. The fraction of sp³-hybridized carbons (Fsp3) is 0.621. The van der Waals surface area contributed by atoms with Crippen LogP contribution in [-0.4, -0.2) is 100 Å². The fourth-order valence-electron chi connectivity index (χ4n) is 3.67. The summed E-state index contributed by atoms with van der Waals surface area (Å²) < 4.78 is 22.8. The number of rotatable bonds is 25. The highest BCUT2D eigenvalue weighted by Crippen LogP contribution is 2.06. The van der Waals surface area contributed by atoms with Gasteiger partial charge in [-0.05, 0) is 55.6 Å². The maximum Gasteiger partial charge on any atom is 0.407 e. The lowest BCUT2D eigenvalue weighted by molar-refractivity contribution is -0.138. The Balaban J connectivity index is 2.33.